The molecule has 0 unspecified atom stereocenters. The zero-order valence-corrected chi connectivity index (χ0v) is 19.1. The van der Waals surface area contributed by atoms with Gasteiger partial charge in [0.2, 0.25) is 5.95 Å². The molecule has 1 aliphatic rings. The summed E-state index contributed by atoms with van der Waals surface area (Å²) >= 11 is 6.19. The minimum absolute atomic E-state index is 0.465. The Morgan fingerprint density at radius 1 is 1.14 bits per heavy atom. The fourth-order valence-electron chi connectivity index (χ4n) is 3.58. The maximum Gasteiger partial charge on any atom is 0.225 e. The molecule has 1 fully saturated rings. The molecular weight excluding hydrogens is 402 g/mol. The second kappa shape index (κ2) is 8.42. The first-order valence-corrected chi connectivity index (χ1v) is 14.3. The van der Waals surface area contributed by atoms with Gasteiger partial charge in [0.1, 0.15) is 11.9 Å². The van der Waals surface area contributed by atoms with Crippen LogP contribution in [0.5, 0.6) is 0 Å². The van der Waals surface area contributed by atoms with Gasteiger partial charge in [-0.25, -0.2) is 15.0 Å². The summed E-state index contributed by atoms with van der Waals surface area (Å²) in [5.74, 6) is 0.799. The fourth-order valence-corrected chi connectivity index (χ4v) is 4.49. The van der Waals surface area contributed by atoms with Crippen molar-refractivity contribution in [1.82, 2.24) is 19.5 Å². The predicted octanol–water partition coefficient (Wildman–Crippen LogP) is 5.06. The number of aromatic nitrogens is 4. The molecule has 1 saturated heterocycles. The largest absolute Gasteiger partial charge is 0.361 e. The first kappa shape index (κ1) is 20.3. The Balaban J connectivity index is 1.67. The number of ether oxygens (including phenoxy) is 1. The summed E-state index contributed by atoms with van der Waals surface area (Å²) in [6, 6.07) is 7.10. The summed E-state index contributed by atoms with van der Waals surface area (Å²) in [5, 5.41) is 1.51. The van der Waals surface area contributed by atoms with Crippen LogP contribution < -0.4 is 4.90 Å². The summed E-state index contributed by atoms with van der Waals surface area (Å²) in [4.78, 5) is 15.8. The van der Waals surface area contributed by atoms with Crippen LogP contribution in [0.4, 0.5) is 5.95 Å². The second-order valence-electron chi connectivity index (χ2n) is 8.81. The molecule has 154 valence electrons. The molecule has 0 amide bonds. The first-order chi connectivity index (χ1) is 13.9. The Hall–Kier alpha value is -1.96. The molecule has 0 bridgehead atoms. The third-order valence-electron chi connectivity index (χ3n) is 5.26. The van der Waals surface area contributed by atoms with Crippen molar-refractivity contribution in [2.75, 3.05) is 24.6 Å². The molecule has 0 aliphatic carbocycles. The summed E-state index contributed by atoms with van der Waals surface area (Å²) in [6.07, 6.45) is 6.05. The van der Waals surface area contributed by atoms with Crippen molar-refractivity contribution in [2.24, 2.45) is 0 Å². The van der Waals surface area contributed by atoms with Gasteiger partial charge in [-0.05, 0) is 37.1 Å². The van der Waals surface area contributed by atoms with Crippen LogP contribution in [-0.4, -0.2) is 47.3 Å². The van der Waals surface area contributed by atoms with Gasteiger partial charge < -0.3 is 14.2 Å². The van der Waals surface area contributed by atoms with Gasteiger partial charge in [-0.2, -0.15) is 0 Å². The lowest BCUT2D eigenvalue weighted by Crippen LogP contribution is -2.22. The van der Waals surface area contributed by atoms with Crippen molar-refractivity contribution >= 4 is 36.5 Å². The number of rotatable bonds is 7. The van der Waals surface area contributed by atoms with Crippen LogP contribution in [0.25, 0.3) is 22.3 Å². The van der Waals surface area contributed by atoms with Crippen molar-refractivity contribution in [1.29, 1.82) is 0 Å². The van der Waals surface area contributed by atoms with E-state index in [1.807, 2.05) is 24.5 Å². The van der Waals surface area contributed by atoms with E-state index in [0.717, 1.165) is 54.0 Å². The van der Waals surface area contributed by atoms with E-state index in [-0.39, 0.29) is 0 Å². The maximum atomic E-state index is 6.19. The monoisotopic (exact) mass is 429 g/mol. The van der Waals surface area contributed by atoms with E-state index in [0.29, 0.717) is 11.9 Å². The van der Waals surface area contributed by atoms with Gasteiger partial charge in [0.05, 0.1) is 16.9 Å². The number of hydrogen-bond donors (Lipinski definition) is 0. The van der Waals surface area contributed by atoms with Crippen molar-refractivity contribution < 1.29 is 4.74 Å². The lowest BCUT2D eigenvalue weighted by molar-refractivity contribution is 0.0912. The topological polar surface area (TPSA) is 56.1 Å². The molecule has 8 heteroatoms. The van der Waals surface area contributed by atoms with Gasteiger partial charge in [0.15, 0.2) is 0 Å². The van der Waals surface area contributed by atoms with Gasteiger partial charge in [-0.15, -0.1) is 0 Å². The second-order valence-corrected chi connectivity index (χ2v) is 14.8. The van der Waals surface area contributed by atoms with Crippen LogP contribution in [0, 0.1) is 0 Å². The van der Waals surface area contributed by atoms with Crippen molar-refractivity contribution in [3.8, 4) is 11.4 Å². The third-order valence-corrected chi connectivity index (χ3v) is 7.17. The number of nitrogens with zero attached hydrogens (tertiary/aromatic N) is 5. The molecule has 0 atom stereocenters. The van der Waals surface area contributed by atoms with E-state index >= 15 is 0 Å². The smallest absolute Gasteiger partial charge is 0.225 e. The van der Waals surface area contributed by atoms with Crippen LogP contribution in [0.1, 0.15) is 12.8 Å². The molecule has 0 N–H and O–H groups in total. The van der Waals surface area contributed by atoms with E-state index in [1.54, 1.807) is 0 Å². The van der Waals surface area contributed by atoms with Gasteiger partial charge in [-0.3, -0.25) is 0 Å². The van der Waals surface area contributed by atoms with E-state index in [4.69, 9.17) is 21.3 Å². The average molecular weight is 430 g/mol. The normalized spacial score (nSPS) is 14.8. The van der Waals surface area contributed by atoms with E-state index in [2.05, 4.69) is 45.1 Å². The number of pyridine rings is 1. The van der Waals surface area contributed by atoms with Crippen LogP contribution in [0.2, 0.25) is 30.8 Å². The Labute approximate surface area is 177 Å². The molecule has 0 radical (unpaired) electrons. The number of anilines is 1. The van der Waals surface area contributed by atoms with Gasteiger partial charge in [0, 0.05) is 45.6 Å². The number of fused-ring (bicyclic) bond motifs is 1. The molecule has 3 aromatic rings. The zero-order chi connectivity index (χ0) is 20.4. The van der Waals surface area contributed by atoms with E-state index < -0.39 is 8.07 Å². The molecule has 3 aromatic heterocycles. The molecule has 4 rings (SSSR count). The highest BCUT2D eigenvalue weighted by atomic mass is 35.5. The van der Waals surface area contributed by atoms with Crippen molar-refractivity contribution in [3.05, 3.63) is 35.7 Å². The molecule has 0 aromatic carbocycles. The highest BCUT2D eigenvalue weighted by Gasteiger charge is 2.18. The number of halogens is 1. The summed E-state index contributed by atoms with van der Waals surface area (Å²) in [7, 11) is -1.13. The van der Waals surface area contributed by atoms with E-state index in [9.17, 15) is 0 Å². The van der Waals surface area contributed by atoms with Crippen LogP contribution in [0.15, 0.2) is 30.6 Å². The minimum Gasteiger partial charge on any atom is -0.361 e. The molecular formula is C21H28ClN5OSi. The predicted molar refractivity (Wildman–Crippen MR) is 121 cm³/mol. The minimum atomic E-state index is -1.13. The zero-order valence-electron chi connectivity index (χ0n) is 17.4. The lowest BCUT2D eigenvalue weighted by atomic mass is 10.3. The van der Waals surface area contributed by atoms with E-state index in [1.165, 1.54) is 12.8 Å². The Kier molecular flexibility index (Phi) is 5.90. The standard InChI is InChI=1S/C21H28ClN5OSi/c1-29(2,3)11-10-28-15-27-18-13-20(22)24-14-16(18)12-19(27)17-6-7-23-21(25-17)26-8-4-5-9-26/h6-7,12-14H,4-5,8-11,15H2,1-3H3. The summed E-state index contributed by atoms with van der Waals surface area (Å²) < 4.78 is 8.22. The molecule has 4 heterocycles. The van der Waals surface area contributed by atoms with Gasteiger partial charge in [-0.1, -0.05) is 31.2 Å². The molecule has 0 saturated carbocycles. The maximum absolute atomic E-state index is 6.19. The molecule has 0 spiro atoms. The summed E-state index contributed by atoms with van der Waals surface area (Å²) in [5.41, 5.74) is 2.90. The highest BCUT2D eigenvalue weighted by Crippen LogP contribution is 2.29. The Morgan fingerprint density at radius 3 is 2.69 bits per heavy atom. The molecule has 29 heavy (non-hydrogen) atoms. The van der Waals surface area contributed by atoms with Gasteiger partial charge in [0.25, 0.3) is 0 Å². The van der Waals surface area contributed by atoms with Crippen LogP contribution in [-0.2, 0) is 11.5 Å². The third kappa shape index (κ3) is 4.79. The lowest BCUT2D eigenvalue weighted by Gasteiger charge is -2.18. The van der Waals surface area contributed by atoms with Crippen LogP contribution >= 0.6 is 11.6 Å². The quantitative estimate of drug-likeness (QED) is 0.298. The molecule has 6 nitrogen and oxygen atoms in total. The van der Waals surface area contributed by atoms with Crippen LogP contribution in [0.3, 0.4) is 0 Å². The fraction of sp³-hybridized carbons (Fsp3) is 0.476. The Morgan fingerprint density at radius 2 is 1.93 bits per heavy atom. The van der Waals surface area contributed by atoms with Crippen molar-refractivity contribution in [3.63, 3.8) is 0 Å². The first-order valence-electron chi connectivity index (χ1n) is 10.2. The average Bonchev–Trinajstić information content (AvgIpc) is 3.33. The SMILES string of the molecule is C[Si](C)(C)CCOCn1c(-c2ccnc(N3CCCC3)n2)cc2cnc(Cl)cc21. The summed E-state index contributed by atoms with van der Waals surface area (Å²) in [6.45, 7) is 10.3. The molecule has 1 aliphatic heterocycles. The number of hydrogen-bond acceptors (Lipinski definition) is 5. The van der Waals surface area contributed by atoms with Crippen molar-refractivity contribution in [2.45, 2.75) is 45.3 Å². The van der Waals surface area contributed by atoms with Gasteiger partial charge >= 0.3 is 0 Å². The Bertz CT molecular complexity index is 994. The highest BCUT2D eigenvalue weighted by molar-refractivity contribution is 6.76.